The number of likely N-dealkylation sites (N-methyl/N-ethyl adjacent to an activating group) is 1. The highest BCUT2D eigenvalue weighted by molar-refractivity contribution is 5.94. The van der Waals surface area contributed by atoms with Crippen LogP contribution in [-0.2, 0) is 11.3 Å². The van der Waals surface area contributed by atoms with Gasteiger partial charge in [0.15, 0.2) is 18.0 Å². The summed E-state index contributed by atoms with van der Waals surface area (Å²) in [6, 6.07) is 5.17. The summed E-state index contributed by atoms with van der Waals surface area (Å²) in [6.07, 6.45) is 0.822. The van der Waals surface area contributed by atoms with E-state index >= 15 is 0 Å². The fraction of sp³-hybridized carbons (Fsp3) is 0.500. The number of benzene rings is 1. The zero-order valence-electron chi connectivity index (χ0n) is 14.2. The van der Waals surface area contributed by atoms with Gasteiger partial charge in [0.1, 0.15) is 6.54 Å². The highest BCUT2D eigenvalue weighted by Gasteiger charge is 2.17. The van der Waals surface area contributed by atoms with E-state index in [0.717, 1.165) is 16.9 Å². The predicted molar refractivity (Wildman–Crippen MR) is 86.8 cm³/mol. The summed E-state index contributed by atoms with van der Waals surface area (Å²) < 4.78 is 10.6. The Morgan fingerprint density at radius 2 is 1.96 bits per heavy atom. The lowest BCUT2D eigenvalue weighted by Gasteiger charge is -2.17. The number of rotatable bonds is 8. The van der Waals surface area contributed by atoms with E-state index in [1.165, 1.54) is 0 Å². The molecule has 128 valence electrons. The summed E-state index contributed by atoms with van der Waals surface area (Å²) in [6.45, 7) is 3.24. The lowest BCUT2D eigenvalue weighted by Crippen LogP contribution is -3.09. The Bertz CT molecular complexity index is 534. The number of urea groups is 1. The minimum absolute atomic E-state index is 0.180. The van der Waals surface area contributed by atoms with Gasteiger partial charge in [0.2, 0.25) is 0 Å². The van der Waals surface area contributed by atoms with Gasteiger partial charge in [-0.15, -0.1) is 0 Å². The van der Waals surface area contributed by atoms with Crippen molar-refractivity contribution in [1.29, 1.82) is 0 Å². The van der Waals surface area contributed by atoms with Gasteiger partial charge in [0.25, 0.3) is 5.91 Å². The standard InChI is InChI=1S/C16H25N3O4/c1-5-9-17-16(21)18-14(20)11-19(2)10-12-7-6-8-13(22-3)15(12)23-4/h6-8H,5,9-11H2,1-4H3,(H2,17,18,20,21)/p+1. The van der Waals surface area contributed by atoms with E-state index in [1.807, 2.05) is 32.2 Å². The number of ether oxygens (including phenoxy) is 2. The molecule has 0 aliphatic rings. The minimum Gasteiger partial charge on any atom is -0.493 e. The Labute approximate surface area is 136 Å². The van der Waals surface area contributed by atoms with Crippen molar-refractivity contribution in [3.63, 3.8) is 0 Å². The summed E-state index contributed by atoms with van der Waals surface area (Å²) in [5.74, 6) is 0.995. The van der Waals surface area contributed by atoms with Gasteiger partial charge in [0, 0.05) is 6.54 Å². The average Bonchev–Trinajstić information content (AvgIpc) is 2.52. The summed E-state index contributed by atoms with van der Waals surface area (Å²) in [7, 11) is 5.05. The maximum Gasteiger partial charge on any atom is 0.321 e. The van der Waals surface area contributed by atoms with E-state index in [1.54, 1.807) is 14.2 Å². The molecule has 0 saturated heterocycles. The van der Waals surface area contributed by atoms with Crippen LogP contribution in [-0.4, -0.2) is 46.3 Å². The molecule has 0 bridgehead atoms. The van der Waals surface area contributed by atoms with Gasteiger partial charge in [-0.05, 0) is 18.6 Å². The Hall–Kier alpha value is -2.28. The first-order valence-corrected chi connectivity index (χ1v) is 7.60. The number of nitrogens with one attached hydrogen (secondary N) is 3. The quantitative estimate of drug-likeness (QED) is 0.626. The van der Waals surface area contributed by atoms with Crippen LogP contribution in [0, 0.1) is 0 Å². The Kier molecular flexibility index (Phi) is 7.90. The van der Waals surface area contributed by atoms with E-state index in [-0.39, 0.29) is 12.5 Å². The molecular weight excluding hydrogens is 298 g/mol. The molecule has 3 N–H and O–H groups in total. The summed E-state index contributed by atoms with van der Waals surface area (Å²) in [5, 5.41) is 4.92. The molecule has 0 saturated carbocycles. The van der Waals surface area contributed by atoms with Crippen LogP contribution in [0.15, 0.2) is 18.2 Å². The van der Waals surface area contributed by atoms with Crippen LogP contribution in [0.25, 0.3) is 0 Å². The molecule has 3 amide bonds. The molecule has 0 radical (unpaired) electrons. The van der Waals surface area contributed by atoms with Crippen LogP contribution in [0.3, 0.4) is 0 Å². The second kappa shape index (κ2) is 9.68. The maximum absolute atomic E-state index is 11.8. The second-order valence-corrected chi connectivity index (χ2v) is 5.27. The molecule has 1 atom stereocenters. The van der Waals surface area contributed by atoms with E-state index in [0.29, 0.717) is 24.6 Å². The first kappa shape index (κ1) is 18.8. The van der Waals surface area contributed by atoms with Crippen molar-refractivity contribution in [2.24, 2.45) is 0 Å². The van der Waals surface area contributed by atoms with Crippen molar-refractivity contribution < 1.29 is 24.0 Å². The summed E-state index contributed by atoms with van der Waals surface area (Å²) >= 11 is 0. The molecule has 1 unspecified atom stereocenters. The van der Waals surface area contributed by atoms with Crippen LogP contribution in [0.4, 0.5) is 4.79 Å². The number of hydrogen-bond donors (Lipinski definition) is 3. The third-order valence-electron chi connectivity index (χ3n) is 3.23. The number of imide groups is 1. The predicted octanol–water partition coefficient (Wildman–Crippen LogP) is -0.0457. The third-order valence-corrected chi connectivity index (χ3v) is 3.23. The molecule has 1 aromatic rings. The topological polar surface area (TPSA) is 81.1 Å². The van der Waals surface area contributed by atoms with Crippen LogP contribution in [0.1, 0.15) is 18.9 Å². The highest BCUT2D eigenvalue weighted by Crippen LogP contribution is 2.29. The lowest BCUT2D eigenvalue weighted by atomic mass is 10.1. The van der Waals surface area contributed by atoms with Crippen molar-refractivity contribution >= 4 is 11.9 Å². The van der Waals surface area contributed by atoms with Crippen LogP contribution in [0.5, 0.6) is 11.5 Å². The van der Waals surface area contributed by atoms with E-state index in [4.69, 9.17) is 9.47 Å². The first-order valence-electron chi connectivity index (χ1n) is 7.60. The Balaban J connectivity index is 2.58. The van der Waals surface area contributed by atoms with Crippen molar-refractivity contribution in [2.45, 2.75) is 19.9 Å². The van der Waals surface area contributed by atoms with Crippen molar-refractivity contribution in [1.82, 2.24) is 10.6 Å². The molecule has 7 nitrogen and oxygen atoms in total. The number of para-hydroxylation sites is 1. The number of hydrogen-bond acceptors (Lipinski definition) is 4. The molecule has 1 rings (SSSR count). The number of carbonyl (C=O) groups excluding carboxylic acids is 2. The number of quaternary nitrogens is 1. The van der Waals surface area contributed by atoms with Crippen molar-refractivity contribution in [2.75, 3.05) is 34.4 Å². The third kappa shape index (κ3) is 6.15. The van der Waals surface area contributed by atoms with Gasteiger partial charge >= 0.3 is 6.03 Å². The van der Waals surface area contributed by atoms with E-state index < -0.39 is 6.03 Å². The monoisotopic (exact) mass is 324 g/mol. The van der Waals surface area contributed by atoms with E-state index in [9.17, 15) is 9.59 Å². The highest BCUT2D eigenvalue weighted by atomic mass is 16.5. The maximum atomic E-state index is 11.8. The van der Waals surface area contributed by atoms with Gasteiger partial charge in [-0.3, -0.25) is 10.1 Å². The first-order chi connectivity index (χ1) is 11.0. The Morgan fingerprint density at radius 1 is 1.22 bits per heavy atom. The van der Waals surface area contributed by atoms with Gasteiger partial charge < -0.3 is 19.7 Å². The average molecular weight is 324 g/mol. The molecule has 0 heterocycles. The molecule has 0 fully saturated rings. The molecular formula is C16H26N3O4+. The normalized spacial score (nSPS) is 11.5. The molecule has 23 heavy (non-hydrogen) atoms. The van der Waals surface area contributed by atoms with Gasteiger partial charge in [-0.1, -0.05) is 13.0 Å². The molecule has 0 aromatic heterocycles. The lowest BCUT2D eigenvalue weighted by molar-refractivity contribution is -0.885. The number of carbonyl (C=O) groups is 2. The zero-order valence-corrected chi connectivity index (χ0v) is 14.2. The van der Waals surface area contributed by atoms with Crippen LogP contribution in [0.2, 0.25) is 0 Å². The summed E-state index contributed by atoms with van der Waals surface area (Å²) in [5.41, 5.74) is 0.938. The second-order valence-electron chi connectivity index (χ2n) is 5.27. The summed E-state index contributed by atoms with van der Waals surface area (Å²) in [4.78, 5) is 24.2. The fourth-order valence-corrected chi connectivity index (χ4v) is 2.21. The van der Waals surface area contributed by atoms with Gasteiger partial charge in [-0.25, -0.2) is 4.79 Å². The van der Waals surface area contributed by atoms with Crippen molar-refractivity contribution in [3.8, 4) is 11.5 Å². The molecule has 0 spiro atoms. The zero-order chi connectivity index (χ0) is 17.2. The number of methoxy groups -OCH3 is 2. The fourth-order valence-electron chi connectivity index (χ4n) is 2.21. The smallest absolute Gasteiger partial charge is 0.321 e. The van der Waals surface area contributed by atoms with Crippen molar-refractivity contribution in [3.05, 3.63) is 23.8 Å². The SMILES string of the molecule is CCCNC(=O)NC(=O)C[NH+](C)Cc1cccc(OC)c1OC. The molecule has 1 aromatic carbocycles. The molecule has 7 heteroatoms. The van der Waals surface area contributed by atoms with Gasteiger partial charge in [0.05, 0.1) is 26.8 Å². The number of amides is 3. The van der Waals surface area contributed by atoms with Gasteiger partial charge in [-0.2, -0.15) is 0 Å². The molecule has 0 aliphatic heterocycles. The van der Waals surface area contributed by atoms with Crippen LogP contribution >= 0.6 is 0 Å². The van der Waals surface area contributed by atoms with Crippen LogP contribution < -0.4 is 25.0 Å². The largest absolute Gasteiger partial charge is 0.493 e. The Morgan fingerprint density at radius 3 is 2.57 bits per heavy atom. The van der Waals surface area contributed by atoms with E-state index in [2.05, 4.69) is 10.6 Å². The minimum atomic E-state index is -0.455. The molecule has 0 aliphatic carbocycles.